The number of fused-ring (bicyclic) bond motifs is 1. The molecular formula is C13H21N7. The molecule has 1 aliphatic rings. The van der Waals surface area contributed by atoms with Gasteiger partial charge in [0.05, 0.1) is 6.33 Å². The van der Waals surface area contributed by atoms with Gasteiger partial charge in [-0.15, -0.1) is 0 Å². The summed E-state index contributed by atoms with van der Waals surface area (Å²) in [5.41, 5.74) is 1.53. The van der Waals surface area contributed by atoms with E-state index in [0.717, 1.165) is 23.9 Å². The molecule has 7 nitrogen and oxygen atoms in total. The second kappa shape index (κ2) is 5.24. The van der Waals surface area contributed by atoms with E-state index >= 15 is 0 Å². The Hall–Kier alpha value is -1.89. The number of likely N-dealkylation sites (N-methyl/N-ethyl adjacent to an activating group) is 1. The van der Waals surface area contributed by atoms with Crippen LogP contribution in [0.1, 0.15) is 19.8 Å². The van der Waals surface area contributed by atoms with Gasteiger partial charge in [-0.05, 0) is 26.8 Å². The van der Waals surface area contributed by atoms with Gasteiger partial charge in [0.1, 0.15) is 5.52 Å². The number of nitrogens with zero attached hydrogens (tertiary/aromatic N) is 4. The Kier molecular flexibility index (Phi) is 3.43. The largest absolute Gasteiger partial charge is 0.367 e. The summed E-state index contributed by atoms with van der Waals surface area (Å²) in [5, 5.41) is 6.37. The van der Waals surface area contributed by atoms with Crippen LogP contribution in [-0.4, -0.2) is 57.6 Å². The third kappa shape index (κ3) is 2.53. The summed E-state index contributed by atoms with van der Waals surface area (Å²) in [7, 11) is 4.00. The lowest BCUT2D eigenvalue weighted by atomic mass is 10.3. The lowest BCUT2D eigenvalue weighted by Gasteiger charge is -2.24. The summed E-state index contributed by atoms with van der Waals surface area (Å²) >= 11 is 0. The summed E-state index contributed by atoms with van der Waals surface area (Å²) in [6, 6.07) is 1.23. The van der Waals surface area contributed by atoms with Crippen LogP contribution in [0.4, 0.5) is 11.8 Å². The quantitative estimate of drug-likeness (QED) is 0.737. The molecule has 0 radical (unpaired) electrons. The van der Waals surface area contributed by atoms with E-state index in [0.29, 0.717) is 17.6 Å². The average molecular weight is 275 g/mol. The van der Waals surface area contributed by atoms with Crippen molar-refractivity contribution in [3.8, 4) is 0 Å². The van der Waals surface area contributed by atoms with Gasteiger partial charge in [-0.3, -0.25) is 4.90 Å². The molecule has 0 aliphatic heterocycles. The molecule has 108 valence electrons. The van der Waals surface area contributed by atoms with Gasteiger partial charge in [-0.2, -0.15) is 9.97 Å². The van der Waals surface area contributed by atoms with Crippen molar-refractivity contribution in [2.45, 2.75) is 31.8 Å². The summed E-state index contributed by atoms with van der Waals surface area (Å²) in [6.07, 6.45) is 4.29. The Bertz CT molecular complexity index is 589. The minimum atomic E-state index is 0.466. The van der Waals surface area contributed by atoms with Gasteiger partial charge in [0.25, 0.3) is 0 Å². The molecule has 0 saturated heterocycles. The first-order valence-corrected chi connectivity index (χ1v) is 7.03. The number of nitrogens with one attached hydrogen (secondary N) is 3. The third-order valence-corrected chi connectivity index (χ3v) is 3.89. The van der Waals surface area contributed by atoms with E-state index in [-0.39, 0.29) is 0 Å². The van der Waals surface area contributed by atoms with E-state index in [9.17, 15) is 0 Å². The number of hydrogen-bond donors (Lipinski definition) is 3. The highest BCUT2D eigenvalue weighted by atomic mass is 15.2. The molecule has 1 aliphatic carbocycles. The van der Waals surface area contributed by atoms with Crippen molar-refractivity contribution < 1.29 is 0 Å². The molecule has 2 aromatic heterocycles. The average Bonchev–Trinajstić information content (AvgIpc) is 3.21. The van der Waals surface area contributed by atoms with Crippen LogP contribution in [0.15, 0.2) is 6.33 Å². The Balaban J connectivity index is 1.74. The molecule has 1 unspecified atom stereocenters. The fourth-order valence-corrected chi connectivity index (χ4v) is 2.30. The van der Waals surface area contributed by atoms with Gasteiger partial charge < -0.3 is 15.6 Å². The van der Waals surface area contributed by atoms with Crippen molar-refractivity contribution in [1.82, 2.24) is 24.8 Å². The molecule has 1 saturated carbocycles. The standard InChI is InChI=1S/C13H21N7/c1-8(20(3)9-4-5-9)6-15-11-10-12(17-7-16-10)19-13(14-2)18-11/h7-9H,4-6H2,1-3H3,(H3,14,15,16,17,18,19). The summed E-state index contributed by atoms with van der Waals surface area (Å²) in [4.78, 5) is 18.5. The summed E-state index contributed by atoms with van der Waals surface area (Å²) in [5.74, 6) is 1.38. The molecule has 3 N–H and O–H groups in total. The normalized spacial score (nSPS) is 16.6. The zero-order chi connectivity index (χ0) is 14.1. The van der Waals surface area contributed by atoms with Crippen LogP contribution in [0, 0.1) is 0 Å². The maximum absolute atomic E-state index is 4.46. The topological polar surface area (TPSA) is 81.8 Å². The molecule has 2 heterocycles. The summed E-state index contributed by atoms with van der Waals surface area (Å²) in [6.45, 7) is 3.08. The number of aromatic amines is 1. The number of rotatable bonds is 6. The Morgan fingerprint density at radius 1 is 1.45 bits per heavy atom. The first-order chi connectivity index (χ1) is 9.69. The lowest BCUT2D eigenvalue weighted by molar-refractivity contribution is 0.257. The molecule has 1 fully saturated rings. The predicted octanol–water partition coefficient (Wildman–Crippen LogP) is 1.29. The minimum absolute atomic E-state index is 0.466. The molecule has 7 heteroatoms. The van der Waals surface area contributed by atoms with E-state index in [1.165, 1.54) is 12.8 Å². The van der Waals surface area contributed by atoms with E-state index in [2.05, 4.69) is 49.4 Å². The zero-order valence-corrected chi connectivity index (χ0v) is 12.1. The van der Waals surface area contributed by atoms with Crippen molar-refractivity contribution in [3.05, 3.63) is 6.33 Å². The van der Waals surface area contributed by atoms with Gasteiger partial charge in [0, 0.05) is 25.7 Å². The molecule has 1 atom stereocenters. The van der Waals surface area contributed by atoms with Gasteiger partial charge in [0.2, 0.25) is 5.95 Å². The SMILES string of the molecule is CNc1nc(NCC(C)N(C)C2CC2)c2[nH]cnc2n1. The summed E-state index contributed by atoms with van der Waals surface area (Å²) < 4.78 is 0. The van der Waals surface area contributed by atoms with Crippen molar-refractivity contribution in [3.63, 3.8) is 0 Å². The number of imidazole rings is 1. The predicted molar refractivity (Wildman–Crippen MR) is 80.0 cm³/mol. The third-order valence-electron chi connectivity index (χ3n) is 3.89. The Morgan fingerprint density at radius 2 is 2.25 bits per heavy atom. The van der Waals surface area contributed by atoms with Gasteiger partial charge in [0.15, 0.2) is 11.5 Å². The Labute approximate surface area is 118 Å². The van der Waals surface area contributed by atoms with Crippen molar-refractivity contribution in [2.75, 3.05) is 31.3 Å². The maximum Gasteiger partial charge on any atom is 0.226 e. The highest BCUT2D eigenvalue weighted by Gasteiger charge is 2.29. The minimum Gasteiger partial charge on any atom is -0.367 e. The van der Waals surface area contributed by atoms with E-state index < -0.39 is 0 Å². The van der Waals surface area contributed by atoms with Crippen LogP contribution in [0.3, 0.4) is 0 Å². The van der Waals surface area contributed by atoms with E-state index in [1.807, 2.05) is 0 Å². The number of H-pyrrole nitrogens is 1. The van der Waals surface area contributed by atoms with Crippen LogP contribution in [0.25, 0.3) is 11.2 Å². The second-order valence-corrected chi connectivity index (χ2v) is 5.37. The van der Waals surface area contributed by atoms with Gasteiger partial charge >= 0.3 is 0 Å². The van der Waals surface area contributed by atoms with E-state index in [4.69, 9.17) is 0 Å². The lowest BCUT2D eigenvalue weighted by Crippen LogP contribution is -2.36. The van der Waals surface area contributed by atoms with Crippen molar-refractivity contribution in [2.24, 2.45) is 0 Å². The van der Waals surface area contributed by atoms with Crippen molar-refractivity contribution >= 4 is 22.9 Å². The van der Waals surface area contributed by atoms with Crippen LogP contribution >= 0.6 is 0 Å². The number of anilines is 2. The molecule has 0 amide bonds. The highest BCUT2D eigenvalue weighted by molar-refractivity contribution is 5.83. The first-order valence-electron chi connectivity index (χ1n) is 7.03. The molecule has 20 heavy (non-hydrogen) atoms. The second-order valence-electron chi connectivity index (χ2n) is 5.37. The van der Waals surface area contributed by atoms with Crippen LogP contribution in [-0.2, 0) is 0 Å². The first kappa shape index (κ1) is 13.1. The molecule has 0 bridgehead atoms. The number of hydrogen-bond acceptors (Lipinski definition) is 6. The molecule has 2 aromatic rings. The maximum atomic E-state index is 4.46. The monoisotopic (exact) mass is 275 g/mol. The molecular weight excluding hydrogens is 254 g/mol. The van der Waals surface area contributed by atoms with Crippen LogP contribution in [0.5, 0.6) is 0 Å². The van der Waals surface area contributed by atoms with Crippen LogP contribution in [0.2, 0.25) is 0 Å². The van der Waals surface area contributed by atoms with Gasteiger partial charge in [-0.25, -0.2) is 4.98 Å². The van der Waals surface area contributed by atoms with Crippen molar-refractivity contribution in [1.29, 1.82) is 0 Å². The van der Waals surface area contributed by atoms with Crippen LogP contribution < -0.4 is 10.6 Å². The molecule has 3 rings (SSSR count). The van der Waals surface area contributed by atoms with E-state index in [1.54, 1.807) is 13.4 Å². The fraction of sp³-hybridized carbons (Fsp3) is 0.615. The molecule has 0 aromatic carbocycles. The highest BCUT2D eigenvalue weighted by Crippen LogP contribution is 2.27. The zero-order valence-electron chi connectivity index (χ0n) is 12.1. The Morgan fingerprint density at radius 3 is 2.95 bits per heavy atom. The smallest absolute Gasteiger partial charge is 0.226 e. The van der Waals surface area contributed by atoms with Gasteiger partial charge in [-0.1, -0.05) is 0 Å². The number of aromatic nitrogens is 4. The molecule has 0 spiro atoms. The fourth-order valence-electron chi connectivity index (χ4n) is 2.30.